The Kier molecular flexibility index (Phi) is 4.26. The van der Waals surface area contributed by atoms with E-state index in [0.29, 0.717) is 11.8 Å². The molecule has 0 radical (unpaired) electrons. The second-order valence-corrected chi connectivity index (χ2v) is 6.40. The van der Waals surface area contributed by atoms with Gasteiger partial charge >= 0.3 is 0 Å². The van der Waals surface area contributed by atoms with E-state index in [1.807, 2.05) is 12.1 Å². The summed E-state index contributed by atoms with van der Waals surface area (Å²) in [6.07, 6.45) is 4.80. The second kappa shape index (κ2) is 6.31. The number of hydrogen-bond acceptors (Lipinski definition) is 2. The number of amides is 1. The lowest BCUT2D eigenvalue weighted by molar-refractivity contribution is -0.119. The van der Waals surface area contributed by atoms with Crippen LogP contribution in [0.25, 0.3) is 10.8 Å². The summed E-state index contributed by atoms with van der Waals surface area (Å²) < 4.78 is 0. The molecule has 0 atom stereocenters. The Balaban J connectivity index is 1.57. The van der Waals surface area contributed by atoms with Crippen LogP contribution >= 0.6 is 11.8 Å². The fraction of sp³-hybridized carbons (Fsp3) is 0.353. The molecular formula is C17H19NOS. The summed E-state index contributed by atoms with van der Waals surface area (Å²) in [5.41, 5.74) is 0. The highest BCUT2D eigenvalue weighted by molar-refractivity contribution is 8.00. The molecule has 0 unspecified atom stereocenters. The van der Waals surface area contributed by atoms with Crippen molar-refractivity contribution in [3.8, 4) is 0 Å². The molecule has 0 aliphatic heterocycles. The maximum Gasteiger partial charge on any atom is 0.230 e. The minimum absolute atomic E-state index is 0.162. The van der Waals surface area contributed by atoms with Crippen LogP contribution in [0.15, 0.2) is 47.4 Å². The molecule has 1 aliphatic rings. The summed E-state index contributed by atoms with van der Waals surface area (Å²) in [7, 11) is 0. The fourth-order valence-corrected chi connectivity index (χ4v) is 3.50. The van der Waals surface area contributed by atoms with Crippen LogP contribution in [0.4, 0.5) is 0 Å². The van der Waals surface area contributed by atoms with E-state index in [-0.39, 0.29) is 5.91 Å². The summed E-state index contributed by atoms with van der Waals surface area (Å²) >= 11 is 1.61. The third-order valence-corrected chi connectivity index (χ3v) is 4.80. The number of nitrogens with one attached hydrogen (secondary N) is 1. The molecule has 0 saturated heterocycles. The van der Waals surface area contributed by atoms with Crippen molar-refractivity contribution in [2.75, 3.05) is 5.75 Å². The van der Waals surface area contributed by atoms with Crippen molar-refractivity contribution in [1.82, 2.24) is 5.32 Å². The molecule has 1 amide bonds. The molecule has 2 aromatic carbocycles. The molecule has 3 heteroatoms. The number of hydrogen-bond donors (Lipinski definition) is 1. The maximum atomic E-state index is 11.9. The van der Waals surface area contributed by atoms with Crippen LogP contribution < -0.4 is 5.32 Å². The van der Waals surface area contributed by atoms with Gasteiger partial charge in [-0.05, 0) is 35.7 Å². The first-order valence-electron chi connectivity index (χ1n) is 7.22. The lowest BCUT2D eigenvalue weighted by atomic mass is 10.1. The van der Waals surface area contributed by atoms with Gasteiger partial charge in [0, 0.05) is 10.9 Å². The zero-order valence-electron chi connectivity index (χ0n) is 11.5. The van der Waals surface area contributed by atoms with E-state index in [1.165, 1.54) is 23.6 Å². The van der Waals surface area contributed by atoms with Crippen molar-refractivity contribution < 1.29 is 4.79 Å². The number of carbonyl (C=O) groups is 1. The summed E-state index contributed by atoms with van der Waals surface area (Å²) in [6, 6.07) is 15.1. The third-order valence-electron chi connectivity index (χ3n) is 3.81. The molecule has 104 valence electrons. The van der Waals surface area contributed by atoms with Gasteiger partial charge < -0.3 is 5.32 Å². The highest BCUT2D eigenvalue weighted by Gasteiger charge is 2.16. The van der Waals surface area contributed by atoms with E-state index >= 15 is 0 Å². The Labute approximate surface area is 123 Å². The third kappa shape index (κ3) is 3.34. The molecule has 1 aliphatic carbocycles. The van der Waals surface area contributed by atoms with Gasteiger partial charge in [0.25, 0.3) is 0 Å². The number of benzene rings is 2. The standard InChI is InChI=1S/C17H19NOS/c19-17(18-15-7-3-4-8-15)12-20-16-10-9-13-5-1-2-6-14(13)11-16/h1-2,5-6,9-11,15H,3-4,7-8,12H2,(H,18,19). The first-order valence-corrected chi connectivity index (χ1v) is 8.21. The van der Waals surface area contributed by atoms with Crippen LogP contribution in [0.2, 0.25) is 0 Å². The fourth-order valence-electron chi connectivity index (χ4n) is 2.75. The molecular weight excluding hydrogens is 266 g/mol. The van der Waals surface area contributed by atoms with Gasteiger partial charge in [0.2, 0.25) is 5.91 Å². The van der Waals surface area contributed by atoms with Crippen LogP contribution in [0.1, 0.15) is 25.7 Å². The summed E-state index contributed by atoms with van der Waals surface area (Å²) in [5.74, 6) is 0.671. The Hall–Kier alpha value is -1.48. The minimum atomic E-state index is 0.162. The predicted molar refractivity (Wildman–Crippen MR) is 85.1 cm³/mol. The lowest BCUT2D eigenvalue weighted by Crippen LogP contribution is -2.33. The number of rotatable bonds is 4. The Morgan fingerprint density at radius 2 is 1.85 bits per heavy atom. The lowest BCUT2D eigenvalue weighted by Gasteiger charge is -2.11. The Morgan fingerprint density at radius 3 is 2.65 bits per heavy atom. The van der Waals surface area contributed by atoms with Crippen LogP contribution in [0.3, 0.4) is 0 Å². The van der Waals surface area contributed by atoms with Crippen molar-refractivity contribution in [3.05, 3.63) is 42.5 Å². The van der Waals surface area contributed by atoms with E-state index in [1.54, 1.807) is 11.8 Å². The van der Waals surface area contributed by atoms with Crippen molar-refractivity contribution in [2.24, 2.45) is 0 Å². The molecule has 0 aromatic heterocycles. The van der Waals surface area contributed by atoms with Gasteiger partial charge in [0.1, 0.15) is 0 Å². The molecule has 2 aromatic rings. The van der Waals surface area contributed by atoms with Crippen LogP contribution in [-0.2, 0) is 4.79 Å². The first-order chi connectivity index (χ1) is 9.81. The molecule has 0 spiro atoms. The maximum absolute atomic E-state index is 11.9. The molecule has 3 rings (SSSR count). The van der Waals surface area contributed by atoms with Gasteiger partial charge in [-0.15, -0.1) is 11.8 Å². The van der Waals surface area contributed by atoms with Crippen LogP contribution in [0, 0.1) is 0 Å². The molecule has 0 heterocycles. The highest BCUT2D eigenvalue weighted by atomic mass is 32.2. The van der Waals surface area contributed by atoms with E-state index in [9.17, 15) is 4.79 Å². The zero-order valence-corrected chi connectivity index (χ0v) is 12.3. The summed E-state index contributed by atoms with van der Waals surface area (Å²) in [6.45, 7) is 0. The van der Waals surface area contributed by atoms with Gasteiger partial charge in [-0.1, -0.05) is 43.2 Å². The molecule has 2 nitrogen and oxygen atoms in total. The summed E-state index contributed by atoms with van der Waals surface area (Å²) in [4.78, 5) is 13.1. The van der Waals surface area contributed by atoms with Crippen molar-refractivity contribution in [3.63, 3.8) is 0 Å². The van der Waals surface area contributed by atoms with E-state index < -0.39 is 0 Å². The Bertz CT molecular complexity index is 605. The normalized spacial score (nSPS) is 15.6. The van der Waals surface area contributed by atoms with Crippen molar-refractivity contribution in [2.45, 2.75) is 36.6 Å². The summed E-state index contributed by atoms with van der Waals surface area (Å²) in [5, 5.41) is 5.60. The van der Waals surface area contributed by atoms with Crippen molar-refractivity contribution >= 4 is 28.4 Å². The van der Waals surface area contributed by atoms with E-state index in [0.717, 1.165) is 17.7 Å². The van der Waals surface area contributed by atoms with Gasteiger partial charge in [-0.2, -0.15) is 0 Å². The molecule has 1 fully saturated rings. The average molecular weight is 285 g/mol. The van der Waals surface area contributed by atoms with E-state index in [4.69, 9.17) is 0 Å². The van der Waals surface area contributed by atoms with Gasteiger partial charge in [-0.25, -0.2) is 0 Å². The van der Waals surface area contributed by atoms with Crippen LogP contribution in [-0.4, -0.2) is 17.7 Å². The predicted octanol–water partition coefficient (Wildman–Crippen LogP) is 3.99. The Morgan fingerprint density at radius 1 is 1.10 bits per heavy atom. The smallest absolute Gasteiger partial charge is 0.230 e. The number of thioether (sulfide) groups is 1. The van der Waals surface area contributed by atoms with Crippen LogP contribution in [0.5, 0.6) is 0 Å². The van der Waals surface area contributed by atoms with Gasteiger partial charge in [0.05, 0.1) is 5.75 Å². The molecule has 20 heavy (non-hydrogen) atoms. The van der Waals surface area contributed by atoms with E-state index in [2.05, 4.69) is 35.6 Å². The quantitative estimate of drug-likeness (QED) is 0.861. The molecule has 1 saturated carbocycles. The average Bonchev–Trinajstić information content (AvgIpc) is 2.98. The second-order valence-electron chi connectivity index (χ2n) is 5.35. The molecule has 0 bridgehead atoms. The first kappa shape index (κ1) is 13.5. The SMILES string of the molecule is O=C(CSc1ccc2ccccc2c1)NC1CCCC1. The molecule has 1 N–H and O–H groups in total. The minimum Gasteiger partial charge on any atom is -0.353 e. The number of fused-ring (bicyclic) bond motifs is 1. The van der Waals surface area contributed by atoms with Gasteiger partial charge in [0.15, 0.2) is 0 Å². The monoisotopic (exact) mass is 285 g/mol. The largest absolute Gasteiger partial charge is 0.353 e. The zero-order chi connectivity index (χ0) is 13.8. The topological polar surface area (TPSA) is 29.1 Å². The number of carbonyl (C=O) groups excluding carboxylic acids is 1. The van der Waals surface area contributed by atoms with Crippen molar-refractivity contribution in [1.29, 1.82) is 0 Å². The highest BCUT2D eigenvalue weighted by Crippen LogP contribution is 2.24. The van der Waals surface area contributed by atoms with Gasteiger partial charge in [-0.3, -0.25) is 4.79 Å².